The van der Waals surface area contributed by atoms with Crippen LogP contribution in [0.1, 0.15) is 0 Å². The Labute approximate surface area is 288 Å². The van der Waals surface area contributed by atoms with Gasteiger partial charge in [0.2, 0.25) is 0 Å². The molecule has 50 heavy (non-hydrogen) atoms. The van der Waals surface area contributed by atoms with Crippen molar-refractivity contribution < 1.29 is 0 Å². The van der Waals surface area contributed by atoms with E-state index >= 15 is 0 Å². The molecule has 232 valence electrons. The van der Waals surface area contributed by atoms with Gasteiger partial charge in [-0.05, 0) is 71.9 Å². The molecule has 0 aliphatic carbocycles. The molecular formula is C46H28N4. The molecule has 0 fully saturated rings. The van der Waals surface area contributed by atoms with Crippen molar-refractivity contribution in [3.05, 3.63) is 170 Å². The van der Waals surface area contributed by atoms with Crippen LogP contribution in [0.4, 0.5) is 0 Å². The summed E-state index contributed by atoms with van der Waals surface area (Å²) in [7, 11) is 0. The van der Waals surface area contributed by atoms with E-state index in [9.17, 15) is 0 Å². The van der Waals surface area contributed by atoms with Gasteiger partial charge in [0.1, 0.15) is 0 Å². The third-order valence-electron chi connectivity index (χ3n) is 9.79. The Kier molecular flexibility index (Phi) is 6.46. The number of nitrogens with zero attached hydrogens (tertiary/aromatic N) is 4. The van der Waals surface area contributed by atoms with E-state index in [4.69, 9.17) is 15.0 Å². The highest BCUT2D eigenvalue weighted by Gasteiger charge is 2.19. The molecule has 0 bridgehead atoms. The third-order valence-corrected chi connectivity index (χ3v) is 9.79. The molecule has 0 atom stereocenters. The number of pyridine rings is 1. The van der Waals surface area contributed by atoms with Crippen LogP contribution in [0.2, 0.25) is 0 Å². The van der Waals surface area contributed by atoms with Crippen LogP contribution in [-0.2, 0) is 0 Å². The molecular weight excluding hydrogens is 609 g/mol. The summed E-state index contributed by atoms with van der Waals surface area (Å²) in [5, 5.41) is 9.74. The van der Waals surface area contributed by atoms with Gasteiger partial charge < -0.3 is 0 Å². The van der Waals surface area contributed by atoms with Crippen molar-refractivity contribution in [1.29, 1.82) is 0 Å². The second-order valence-electron chi connectivity index (χ2n) is 12.7. The maximum atomic E-state index is 5.22. The van der Waals surface area contributed by atoms with E-state index in [0.29, 0.717) is 17.5 Å². The van der Waals surface area contributed by atoms with Crippen LogP contribution in [0.15, 0.2) is 170 Å². The summed E-state index contributed by atoms with van der Waals surface area (Å²) in [6.07, 6.45) is 3.68. The predicted molar refractivity (Wildman–Crippen MR) is 206 cm³/mol. The van der Waals surface area contributed by atoms with E-state index in [-0.39, 0.29) is 0 Å². The number of rotatable bonds is 5. The second kappa shape index (κ2) is 11.4. The smallest absolute Gasteiger partial charge is 0.164 e. The minimum Gasteiger partial charge on any atom is -0.264 e. The maximum Gasteiger partial charge on any atom is 0.164 e. The molecule has 0 aliphatic heterocycles. The Morgan fingerprint density at radius 3 is 1.72 bits per heavy atom. The summed E-state index contributed by atoms with van der Waals surface area (Å²) in [5.41, 5.74) is 7.21. The molecule has 2 heterocycles. The molecule has 0 N–H and O–H groups in total. The summed E-state index contributed by atoms with van der Waals surface area (Å²) in [6.45, 7) is 0. The molecule has 8 aromatic carbocycles. The van der Waals surface area contributed by atoms with E-state index < -0.39 is 0 Å². The van der Waals surface area contributed by atoms with Crippen molar-refractivity contribution >= 4 is 43.1 Å². The predicted octanol–water partition coefficient (Wildman–Crippen LogP) is 11.7. The Morgan fingerprint density at radius 1 is 0.300 bits per heavy atom. The largest absolute Gasteiger partial charge is 0.264 e. The van der Waals surface area contributed by atoms with Crippen LogP contribution in [0.3, 0.4) is 0 Å². The van der Waals surface area contributed by atoms with E-state index in [0.717, 1.165) is 38.8 Å². The average Bonchev–Trinajstić information content (AvgIpc) is 3.20. The number of hydrogen-bond acceptors (Lipinski definition) is 4. The highest BCUT2D eigenvalue weighted by molar-refractivity contribution is 6.25. The van der Waals surface area contributed by atoms with E-state index in [1.54, 1.807) is 6.20 Å². The summed E-state index contributed by atoms with van der Waals surface area (Å²) < 4.78 is 0. The fraction of sp³-hybridized carbons (Fsp3) is 0. The topological polar surface area (TPSA) is 51.6 Å². The lowest BCUT2D eigenvalue weighted by molar-refractivity contribution is 1.08. The molecule has 10 rings (SSSR count). The van der Waals surface area contributed by atoms with Gasteiger partial charge in [-0.2, -0.15) is 0 Å². The number of hydrogen-bond donors (Lipinski definition) is 0. The molecule has 0 radical (unpaired) electrons. The van der Waals surface area contributed by atoms with Crippen molar-refractivity contribution in [2.75, 3.05) is 0 Å². The Bertz CT molecular complexity index is 2840. The zero-order chi connectivity index (χ0) is 33.0. The zero-order valence-electron chi connectivity index (χ0n) is 27.0. The lowest BCUT2D eigenvalue weighted by atomic mass is 9.92. The fourth-order valence-corrected chi connectivity index (χ4v) is 7.40. The summed E-state index contributed by atoms with van der Waals surface area (Å²) in [5.74, 6) is 1.89. The van der Waals surface area contributed by atoms with Gasteiger partial charge in [0.15, 0.2) is 17.5 Å². The SMILES string of the molecule is c1cncc(-c2ccccc2-c2nc(-c3ccc(-c4cccc5ccccc45)cc3)nc(-c3ccc4ccc5cccc6ccc3c4c56)n2)c1. The van der Waals surface area contributed by atoms with Crippen molar-refractivity contribution in [2.24, 2.45) is 0 Å². The van der Waals surface area contributed by atoms with Crippen molar-refractivity contribution in [1.82, 2.24) is 19.9 Å². The highest BCUT2D eigenvalue weighted by atomic mass is 15.0. The van der Waals surface area contributed by atoms with Gasteiger partial charge in [-0.1, -0.05) is 146 Å². The normalized spacial score (nSPS) is 11.6. The van der Waals surface area contributed by atoms with Crippen LogP contribution >= 0.6 is 0 Å². The summed E-state index contributed by atoms with van der Waals surface area (Å²) in [6, 6.07) is 55.5. The monoisotopic (exact) mass is 636 g/mol. The first-order chi connectivity index (χ1) is 24.8. The first-order valence-corrected chi connectivity index (χ1v) is 16.8. The molecule has 0 spiro atoms. The first-order valence-electron chi connectivity index (χ1n) is 16.8. The molecule has 0 aliphatic rings. The Morgan fingerprint density at radius 2 is 0.900 bits per heavy atom. The van der Waals surface area contributed by atoms with Crippen molar-refractivity contribution in [3.8, 4) is 56.4 Å². The molecule has 0 saturated carbocycles. The van der Waals surface area contributed by atoms with Gasteiger partial charge >= 0.3 is 0 Å². The van der Waals surface area contributed by atoms with E-state index in [2.05, 4.69) is 145 Å². The Balaban J connectivity index is 1.19. The van der Waals surface area contributed by atoms with Crippen LogP contribution in [-0.4, -0.2) is 19.9 Å². The van der Waals surface area contributed by atoms with E-state index in [1.807, 2.05) is 24.4 Å². The molecule has 0 saturated heterocycles. The van der Waals surface area contributed by atoms with Gasteiger partial charge in [-0.15, -0.1) is 0 Å². The number of aromatic nitrogens is 4. The second-order valence-corrected chi connectivity index (χ2v) is 12.7. The standard InChI is InChI=1S/C46H28N4/c1-2-13-36-29(8-1)9-6-16-37(36)30-17-21-34(22-18-30)44-48-45(40-15-4-3-14-38(40)35-12-7-27-47-28-35)50-46(49-44)41-26-24-33-20-19-31-10-5-11-32-23-25-39(41)43(33)42(31)32/h1-28H. The van der Waals surface area contributed by atoms with Crippen molar-refractivity contribution in [3.63, 3.8) is 0 Å². The molecule has 2 aromatic heterocycles. The van der Waals surface area contributed by atoms with Crippen LogP contribution < -0.4 is 0 Å². The lowest BCUT2D eigenvalue weighted by Gasteiger charge is -2.15. The zero-order valence-corrected chi connectivity index (χ0v) is 27.0. The van der Waals surface area contributed by atoms with Crippen LogP contribution in [0, 0.1) is 0 Å². The van der Waals surface area contributed by atoms with Gasteiger partial charge in [-0.3, -0.25) is 4.98 Å². The molecule has 0 amide bonds. The minimum absolute atomic E-state index is 0.619. The maximum absolute atomic E-state index is 5.22. The number of benzene rings is 8. The van der Waals surface area contributed by atoms with Gasteiger partial charge in [0, 0.05) is 34.6 Å². The quantitative estimate of drug-likeness (QED) is 0.176. The van der Waals surface area contributed by atoms with E-state index in [1.165, 1.54) is 43.3 Å². The van der Waals surface area contributed by atoms with Gasteiger partial charge in [0.25, 0.3) is 0 Å². The highest BCUT2D eigenvalue weighted by Crippen LogP contribution is 2.40. The third kappa shape index (κ3) is 4.61. The minimum atomic E-state index is 0.619. The molecule has 10 aromatic rings. The molecule has 0 unspecified atom stereocenters. The summed E-state index contributed by atoms with van der Waals surface area (Å²) in [4.78, 5) is 20.0. The van der Waals surface area contributed by atoms with Crippen LogP contribution in [0.5, 0.6) is 0 Å². The number of fused-ring (bicyclic) bond motifs is 1. The Hall–Kier alpha value is -6.78. The lowest BCUT2D eigenvalue weighted by Crippen LogP contribution is -2.01. The average molecular weight is 637 g/mol. The fourth-order valence-electron chi connectivity index (χ4n) is 7.40. The van der Waals surface area contributed by atoms with Gasteiger partial charge in [-0.25, -0.2) is 15.0 Å². The summed E-state index contributed by atoms with van der Waals surface area (Å²) >= 11 is 0. The van der Waals surface area contributed by atoms with Crippen LogP contribution in [0.25, 0.3) is 99.5 Å². The molecule has 4 heteroatoms. The first kappa shape index (κ1) is 28.3. The van der Waals surface area contributed by atoms with Crippen molar-refractivity contribution in [2.45, 2.75) is 0 Å². The molecule has 4 nitrogen and oxygen atoms in total. The van der Waals surface area contributed by atoms with Gasteiger partial charge in [0.05, 0.1) is 0 Å².